The van der Waals surface area contributed by atoms with Gasteiger partial charge in [-0.2, -0.15) is 0 Å². The van der Waals surface area contributed by atoms with Gasteiger partial charge in [-0.3, -0.25) is 14.6 Å². The molecule has 60 heavy (non-hydrogen) atoms. The lowest BCUT2D eigenvalue weighted by molar-refractivity contribution is -0.136. The minimum Gasteiger partial charge on any atom is -0.494 e. The zero-order chi connectivity index (χ0) is 42.9. The number of carbonyl (C=O) groups excluding carboxylic acids is 1. The number of ether oxygens (including phenoxy) is 3. The number of nitrogens with one attached hydrogen (secondary N) is 1. The average molecular weight is 835 g/mol. The number of aliphatic hydroxyl groups is 2. The maximum atomic E-state index is 13.9. The van der Waals surface area contributed by atoms with Gasteiger partial charge in [-0.25, -0.2) is 4.39 Å². The van der Waals surface area contributed by atoms with Crippen molar-refractivity contribution in [3.63, 3.8) is 0 Å². The first-order valence-electron chi connectivity index (χ1n) is 20.2. The number of esters is 1. The van der Waals surface area contributed by atoms with E-state index in [1.807, 2.05) is 82.3 Å². The molecule has 0 saturated carbocycles. The van der Waals surface area contributed by atoms with Crippen LogP contribution in [0.2, 0.25) is 0 Å². The van der Waals surface area contributed by atoms with E-state index < -0.39 is 23.8 Å². The maximum absolute atomic E-state index is 13.9. The summed E-state index contributed by atoms with van der Waals surface area (Å²) in [6, 6.07) is 22.0. The zero-order valence-electron chi connectivity index (χ0n) is 34.7. The van der Waals surface area contributed by atoms with Crippen LogP contribution in [0.3, 0.4) is 0 Å². The van der Waals surface area contributed by atoms with Gasteiger partial charge >= 0.3 is 10.8 Å². The highest BCUT2D eigenvalue weighted by Gasteiger charge is 2.36. The third-order valence-electron chi connectivity index (χ3n) is 11.3. The van der Waals surface area contributed by atoms with Crippen molar-refractivity contribution in [2.75, 3.05) is 6.61 Å². The molecule has 0 radical (unpaired) electrons. The van der Waals surface area contributed by atoms with E-state index in [1.54, 1.807) is 18.2 Å². The Bertz CT molecular complexity index is 2610. The summed E-state index contributed by atoms with van der Waals surface area (Å²) in [5.74, 6) is 0.833. The molecule has 314 valence electrons. The Labute approximate surface area is 352 Å². The van der Waals surface area contributed by atoms with Crippen LogP contribution in [0.25, 0.3) is 28.1 Å². The maximum Gasteiger partial charge on any atom is 0.313 e. The zero-order valence-corrected chi connectivity index (χ0v) is 35.5. The first-order valence-corrected chi connectivity index (χ1v) is 21.0. The molecule has 2 aromatic heterocycles. The van der Waals surface area contributed by atoms with Crippen LogP contribution in [0.15, 0.2) is 83.7 Å². The number of carbonyl (C=O) groups is 1. The Morgan fingerprint density at radius 3 is 2.42 bits per heavy atom. The summed E-state index contributed by atoms with van der Waals surface area (Å²) in [4.78, 5) is 27.5. The van der Waals surface area contributed by atoms with Gasteiger partial charge in [0.1, 0.15) is 35.3 Å². The molecule has 1 aliphatic rings. The van der Waals surface area contributed by atoms with Gasteiger partial charge in [0.2, 0.25) is 5.88 Å². The number of hydrogen-bond acceptors (Lipinski definition) is 9. The van der Waals surface area contributed by atoms with E-state index >= 15 is 0 Å². The Hall–Kier alpha value is -5.69. The second-order valence-corrected chi connectivity index (χ2v) is 17.3. The van der Waals surface area contributed by atoms with Gasteiger partial charge in [-0.1, -0.05) is 59.9 Å². The van der Waals surface area contributed by atoms with Crippen molar-refractivity contribution in [3.05, 3.63) is 133 Å². The molecule has 6 aromatic rings. The van der Waals surface area contributed by atoms with Gasteiger partial charge in [-0.05, 0) is 119 Å². The summed E-state index contributed by atoms with van der Waals surface area (Å²) in [6.45, 7) is 12.2. The number of thiazole rings is 1. The van der Waals surface area contributed by atoms with E-state index in [0.717, 1.165) is 72.6 Å². The summed E-state index contributed by atoms with van der Waals surface area (Å²) in [6.07, 6.45) is 2.61. The normalized spacial score (nSPS) is 16.2. The molecular formula is C48H51FN2O8S. The van der Waals surface area contributed by atoms with Crippen LogP contribution in [0.1, 0.15) is 84.5 Å². The summed E-state index contributed by atoms with van der Waals surface area (Å²) >= 11 is 0.988. The number of para-hydroxylation sites is 1. The van der Waals surface area contributed by atoms with E-state index in [4.69, 9.17) is 14.2 Å². The number of rotatable bonds is 14. The molecule has 4 N–H and O–H groups in total. The molecule has 7 rings (SSSR count). The van der Waals surface area contributed by atoms with Gasteiger partial charge in [0.25, 0.3) is 0 Å². The van der Waals surface area contributed by atoms with Gasteiger partial charge in [0, 0.05) is 46.6 Å². The predicted octanol–water partition coefficient (Wildman–Crippen LogP) is 9.28. The summed E-state index contributed by atoms with van der Waals surface area (Å²) in [5, 5.41) is 32.9. The monoisotopic (exact) mass is 834 g/mol. The number of nitrogens with zero attached hydrogens (tertiary/aromatic N) is 1. The highest BCUT2D eigenvalue weighted by Crippen LogP contribution is 2.44. The van der Waals surface area contributed by atoms with E-state index in [-0.39, 0.29) is 35.5 Å². The smallest absolute Gasteiger partial charge is 0.313 e. The van der Waals surface area contributed by atoms with Crippen molar-refractivity contribution in [1.29, 1.82) is 0 Å². The molecule has 1 aliphatic heterocycles. The molecule has 12 heteroatoms. The highest BCUT2D eigenvalue weighted by atomic mass is 32.1. The Balaban J connectivity index is 0.980. The van der Waals surface area contributed by atoms with E-state index in [0.29, 0.717) is 42.2 Å². The first-order chi connectivity index (χ1) is 28.6. The van der Waals surface area contributed by atoms with Crippen molar-refractivity contribution in [2.45, 2.75) is 97.5 Å². The molecule has 1 unspecified atom stereocenters. The topological polar surface area (TPSA) is 143 Å². The predicted molar refractivity (Wildman–Crippen MR) is 233 cm³/mol. The number of hydrogen-bond donors (Lipinski definition) is 4. The fourth-order valence-corrected chi connectivity index (χ4v) is 8.81. The number of benzene rings is 4. The van der Waals surface area contributed by atoms with Crippen LogP contribution < -0.4 is 19.1 Å². The number of fused-ring (bicyclic) bond motifs is 2. The summed E-state index contributed by atoms with van der Waals surface area (Å²) in [7, 11) is 0. The van der Waals surface area contributed by atoms with Crippen molar-refractivity contribution >= 4 is 34.3 Å². The van der Waals surface area contributed by atoms with Crippen LogP contribution in [0.5, 0.6) is 23.1 Å². The number of aromatic hydroxyl groups is 1. The Morgan fingerprint density at radius 2 is 1.73 bits per heavy atom. The number of H-pyrrole nitrogens is 1. The third-order valence-corrected chi connectivity index (χ3v) is 12.2. The fraction of sp³-hybridized carbons (Fsp3) is 0.333. The van der Waals surface area contributed by atoms with E-state index in [2.05, 4.69) is 23.4 Å². The third kappa shape index (κ3) is 9.06. The molecule has 3 heterocycles. The Kier molecular flexibility index (Phi) is 12.4. The SMILES string of the molecule is Cc1c(C)c2c(c(C)c1OC(=O)C[C@@H](O)C[C@@H](O)C=Cc1c(-c3ccc(F)cc3)c3ccccc3n1C(C)C)CCC(C)(COc1ccc(Cc3sc(=O)[nH]c3O)cc1)O2. The molecule has 10 nitrogen and oxygen atoms in total. The van der Waals surface area contributed by atoms with Gasteiger partial charge in [0.05, 0.1) is 23.5 Å². The second kappa shape index (κ2) is 17.5. The van der Waals surface area contributed by atoms with Crippen molar-refractivity contribution in [1.82, 2.24) is 9.55 Å². The quantitative estimate of drug-likeness (QED) is 0.0629. The number of aromatic nitrogens is 2. The summed E-state index contributed by atoms with van der Waals surface area (Å²) < 4.78 is 34.8. The largest absolute Gasteiger partial charge is 0.494 e. The molecule has 4 aromatic carbocycles. The molecule has 0 fully saturated rings. The molecular weight excluding hydrogens is 784 g/mol. The highest BCUT2D eigenvalue weighted by molar-refractivity contribution is 7.09. The van der Waals surface area contributed by atoms with E-state index in [1.165, 1.54) is 12.1 Å². The van der Waals surface area contributed by atoms with Crippen LogP contribution in [-0.2, 0) is 17.6 Å². The van der Waals surface area contributed by atoms with Crippen molar-refractivity contribution in [2.24, 2.45) is 0 Å². The van der Waals surface area contributed by atoms with Gasteiger partial charge in [-0.15, -0.1) is 0 Å². The molecule has 0 bridgehead atoms. The molecule has 0 saturated heterocycles. The average Bonchev–Trinajstić information content (AvgIpc) is 3.72. The first kappa shape index (κ1) is 42.4. The molecule has 0 spiro atoms. The molecule has 3 atom stereocenters. The minimum absolute atomic E-state index is 0.0802. The lowest BCUT2D eigenvalue weighted by atomic mass is 9.87. The number of aromatic amines is 1. The van der Waals surface area contributed by atoms with Crippen LogP contribution in [0.4, 0.5) is 4.39 Å². The number of aliphatic hydroxyl groups excluding tert-OH is 2. The van der Waals surface area contributed by atoms with Crippen LogP contribution in [0, 0.1) is 26.6 Å². The molecule has 0 aliphatic carbocycles. The standard InChI is InChI=1S/C48H51FN2O8S/c1-27(2)51-39-10-8-7-9-38(39)43(32-13-15-33(49)16-14-32)40(51)20-17-34(52)24-35(53)25-42(54)58-44-28(3)29(4)45-37(30(44)5)21-22-48(6,59-45)26-57-36-18-11-31(12-19-36)23-41-46(55)50-47(56)60-41/h7-20,27,34-35,52-53,55H,21-26H2,1-6H3,(H,50,56)/t34-,35-,48?/m0/s1. The summed E-state index contributed by atoms with van der Waals surface area (Å²) in [5.41, 5.74) is 7.29. The van der Waals surface area contributed by atoms with Gasteiger partial charge in [0.15, 0.2) is 0 Å². The van der Waals surface area contributed by atoms with Crippen LogP contribution >= 0.6 is 11.3 Å². The Morgan fingerprint density at radius 1 is 1.02 bits per heavy atom. The van der Waals surface area contributed by atoms with Crippen LogP contribution in [-0.4, -0.2) is 55.3 Å². The van der Waals surface area contributed by atoms with Gasteiger partial charge < -0.3 is 34.1 Å². The molecule has 0 amide bonds. The lowest BCUT2D eigenvalue weighted by Gasteiger charge is -2.37. The van der Waals surface area contributed by atoms with Crippen molar-refractivity contribution < 1.29 is 38.7 Å². The minimum atomic E-state index is -1.16. The lowest BCUT2D eigenvalue weighted by Crippen LogP contribution is -2.42. The van der Waals surface area contributed by atoms with Crippen molar-refractivity contribution in [3.8, 4) is 34.3 Å². The number of halogens is 1. The van der Waals surface area contributed by atoms with E-state index in [9.17, 15) is 29.3 Å². The second-order valence-electron chi connectivity index (χ2n) is 16.2. The fourth-order valence-electron chi connectivity index (χ4n) is 8.05.